The van der Waals surface area contributed by atoms with Crippen molar-refractivity contribution in [2.45, 2.75) is 262 Å². The van der Waals surface area contributed by atoms with Crippen LogP contribution in [0.5, 0.6) is 0 Å². The van der Waals surface area contributed by atoms with Crippen LogP contribution in [0.2, 0.25) is 10.4 Å². The minimum absolute atomic E-state index is 0.497. The Hall–Kier alpha value is -1.25. The molecule has 0 unspecified atom stereocenters. The average molecular weight is 889 g/mol. The first-order valence-electron chi connectivity index (χ1n) is 23.3. The summed E-state index contributed by atoms with van der Waals surface area (Å²) in [6.45, 7) is 9.53. The van der Waals surface area contributed by atoms with E-state index in [0.29, 0.717) is 5.75 Å². The number of hydrogen-bond donors (Lipinski definition) is 0. The van der Waals surface area contributed by atoms with Crippen LogP contribution in [0.25, 0.3) is 0 Å². The Labute approximate surface area is 356 Å². The van der Waals surface area contributed by atoms with Crippen LogP contribution in [-0.2, 0) is 42.9 Å². The van der Waals surface area contributed by atoms with Gasteiger partial charge >= 0.3 is 306 Å². The first-order valence-corrected chi connectivity index (χ1v) is 29.2. The molecule has 11 heteroatoms. The number of carbonyl (C=O) groups excluding carboxylic acids is 4. The Morgan fingerprint density at radius 3 is 1.05 bits per heavy atom. The van der Waals surface area contributed by atoms with Crippen LogP contribution in [-0.4, -0.2) is 73.8 Å². The Balaban J connectivity index is 2.74. The van der Waals surface area contributed by atoms with Crippen molar-refractivity contribution in [2.24, 2.45) is 0 Å². The zero-order valence-electron chi connectivity index (χ0n) is 37.3. The van der Waals surface area contributed by atoms with E-state index in [1.165, 1.54) is 218 Å². The van der Waals surface area contributed by atoms with Crippen molar-refractivity contribution in [1.82, 2.24) is 0 Å². The number of unbranched alkanes of at least 4 members (excludes halogenated alkanes) is 26. The van der Waals surface area contributed by atoms with Crippen molar-refractivity contribution in [3.63, 3.8) is 0 Å². The van der Waals surface area contributed by atoms with Gasteiger partial charge < -0.3 is 0 Å². The first kappa shape index (κ1) is 53.8. The van der Waals surface area contributed by atoms with E-state index in [9.17, 15) is 19.2 Å². The average Bonchev–Trinajstić information content (AvgIpc) is 3.15. The van der Waals surface area contributed by atoms with Crippen LogP contribution in [0.3, 0.4) is 0 Å². The van der Waals surface area contributed by atoms with Gasteiger partial charge in [-0.2, -0.15) is 0 Å². The molecule has 1 aliphatic rings. The molecule has 1 aliphatic heterocycles. The second-order valence-electron chi connectivity index (χ2n) is 16.3. The topological polar surface area (TPSA) is 114 Å². The van der Waals surface area contributed by atoms with Crippen molar-refractivity contribution in [3.8, 4) is 0 Å². The fourth-order valence-corrected chi connectivity index (χ4v) is 16.6. The minimum atomic E-state index is -1.37. The summed E-state index contributed by atoms with van der Waals surface area (Å²) < 4.78 is 28.5. The molecular weight excluding hydrogens is 803 g/mol. The molecule has 0 aromatic carbocycles. The standard InChI is InChI=1S/C46H85AsO9S/c1-7-9-11-13-15-17-19-21-23-25-27-29-31-33-35-47(36-34-32-30-28-26-24-22-20-18-16-14-12-10-8-2)57-37-42-43(52-38(3)48)44(53-39(4)49)45(54-40(5)50)46(56-42)55-41(6)51/h42-46H,7-37H2,1-6H3/t42-,43-,44+,45-,46-/m1/s1. The van der Waals surface area contributed by atoms with Crippen LogP contribution in [0, 0.1) is 0 Å². The Morgan fingerprint density at radius 1 is 0.421 bits per heavy atom. The molecule has 57 heavy (non-hydrogen) atoms. The van der Waals surface area contributed by atoms with Gasteiger partial charge in [-0.15, -0.1) is 0 Å². The zero-order valence-corrected chi connectivity index (χ0v) is 40.0. The molecule has 9 nitrogen and oxygen atoms in total. The second kappa shape index (κ2) is 36.6. The van der Waals surface area contributed by atoms with Crippen LogP contribution < -0.4 is 0 Å². The number of hydrogen-bond acceptors (Lipinski definition) is 10. The van der Waals surface area contributed by atoms with Gasteiger partial charge in [0.15, 0.2) is 0 Å². The van der Waals surface area contributed by atoms with Gasteiger partial charge in [0.05, 0.1) is 0 Å². The third kappa shape index (κ3) is 29.6. The van der Waals surface area contributed by atoms with Crippen molar-refractivity contribution in [2.75, 3.05) is 5.75 Å². The molecule has 1 saturated heterocycles. The molecule has 0 amide bonds. The molecule has 0 aromatic heterocycles. The molecule has 1 heterocycles. The number of carbonyl (C=O) groups is 4. The summed E-state index contributed by atoms with van der Waals surface area (Å²) in [6, 6.07) is 0. The van der Waals surface area contributed by atoms with E-state index in [4.69, 9.17) is 23.7 Å². The van der Waals surface area contributed by atoms with Crippen molar-refractivity contribution >= 4 is 47.4 Å². The Kier molecular flexibility index (Phi) is 34.5. The van der Waals surface area contributed by atoms with E-state index in [0.717, 1.165) is 0 Å². The number of ether oxygens (including phenoxy) is 5. The molecular formula is C46H85AsO9S. The normalized spacial score (nSPS) is 19.4. The maximum absolute atomic E-state index is 12.3. The third-order valence-corrected chi connectivity index (χ3v) is 20.1. The fraction of sp³-hybridized carbons (Fsp3) is 0.913. The van der Waals surface area contributed by atoms with Crippen molar-refractivity contribution in [1.29, 1.82) is 0 Å². The first-order chi connectivity index (χ1) is 27.6. The Bertz CT molecular complexity index is 998. The van der Waals surface area contributed by atoms with Crippen LogP contribution in [0.1, 0.15) is 221 Å². The molecule has 0 radical (unpaired) electrons. The predicted octanol–water partition coefficient (Wildman–Crippen LogP) is 12.8. The van der Waals surface area contributed by atoms with Crippen LogP contribution >= 0.6 is 10.0 Å². The molecule has 0 aliphatic carbocycles. The summed E-state index contributed by atoms with van der Waals surface area (Å²) in [7, 11) is 1.93. The van der Waals surface area contributed by atoms with Crippen LogP contribution in [0.4, 0.5) is 0 Å². The molecule has 0 aromatic rings. The van der Waals surface area contributed by atoms with Gasteiger partial charge in [-0.3, -0.25) is 0 Å². The maximum atomic E-state index is 12.3. The molecule has 1 rings (SSSR count). The summed E-state index contributed by atoms with van der Waals surface area (Å²) in [5, 5.41) is 2.46. The van der Waals surface area contributed by atoms with Crippen molar-refractivity contribution < 1.29 is 42.9 Å². The van der Waals surface area contributed by atoms with Crippen molar-refractivity contribution in [3.05, 3.63) is 0 Å². The summed E-state index contributed by atoms with van der Waals surface area (Å²) in [6.07, 6.45) is 32.1. The van der Waals surface area contributed by atoms with Gasteiger partial charge in [-0.05, 0) is 0 Å². The number of rotatable bonds is 37. The molecule has 334 valence electrons. The SMILES string of the molecule is CCCCCCCCCCCCCCCC[As](CCCCCCCCCCCCCCCC)SC[C@H]1O[C@@H](OC(C)=O)[C@H](OC(C)=O)[C@@H](OC(C)=O)[C@@H]1OC(C)=O. The van der Waals surface area contributed by atoms with E-state index in [2.05, 4.69) is 13.8 Å². The molecule has 5 atom stereocenters. The van der Waals surface area contributed by atoms with E-state index >= 15 is 0 Å². The second-order valence-corrected chi connectivity index (χ2v) is 25.1. The third-order valence-electron chi connectivity index (χ3n) is 10.7. The quantitative estimate of drug-likeness (QED) is 0.0258. The van der Waals surface area contributed by atoms with Gasteiger partial charge in [0, 0.05) is 0 Å². The predicted molar refractivity (Wildman–Crippen MR) is 236 cm³/mol. The van der Waals surface area contributed by atoms with Gasteiger partial charge in [0.2, 0.25) is 0 Å². The van der Waals surface area contributed by atoms with E-state index < -0.39 is 68.1 Å². The summed E-state index contributed by atoms with van der Waals surface area (Å²) in [5.41, 5.74) is 0. The van der Waals surface area contributed by atoms with E-state index in [1.807, 2.05) is 10.0 Å². The molecule has 0 bridgehead atoms. The summed E-state index contributed by atoms with van der Waals surface area (Å²) >= 11 is -1.37. The van der Waals surface area contributed by atoms with Gasteiger partial charge in [0.1, 0.15) is 0 Å². The van der Waals surface area contributed by atoms with Gasteiger partial charge in [0.25, 0.3) is 0 Å². The molecule has 0 spiro atoms. The fourth-order valence-electron chi connectivity index (χ4n) is 7.63. The molecule has 0 saturated carbocycles. The Morgan fingerprint density at radius 2 is 0.719 bits per heavy atom. The summed E-state index contributed by atoms with van der Waals surface area (Å²) in [4.78, 5) is 48.8. The molecule has 0 N–H and O–H groups in total. The summed E-state index contributed by atoms with van der Waals surface area (Å²) in [5.74, 6) is -1.99. The van der Waals surface area contributed by atoms with E-state index in [1.54, 1.807) is 0 Å². The number of esters is 4. The molecule has 1 fully saturated rings. The van der Waals surface area contributed by atoms with Crippen LogP contribution in [0.15, 0.2) is 0 Å². The zero-order chi connectivity index (χ0) is 41.9. The van der Waals surface area contributed by atoms with Gasteiger partial charge in [-0.1, -0.05) is 52.4 Å². The van der Waals surface area contributed by atoms with Gasteiger partial charge in [-0.25, -0.2) is 0 Å². The van der Waals surface area contributed by atoms with E-state index in [-0.39, 0.29) is 0 Å². The monoisotopic (exact) mass is 889 g/mol.